The van der Waals surface area contributed by atoms with Gasteiger partial charge in [0.1, 0.15) is 0 Å². The van der Waals surface area contributed by atoms with Gasteiger partial charge in [0.2, 0.25) is 5.91 Å². The van der Waals surface area contributed by atoms with E-state index in [0.717, 1.165) is 18.7 Å². The summed E-state index contributed by atoms with van der Waals surface area (Å²) in [6, 6.07) is 7.61. The lowest BCUT2D eigenvalue weighted by atomic mass is 9.91. The van der Waals surface area contributed by atoms with Gasteiger partial charge < -0.3 is 10.6 Å². The van der Waals surface area contributed by atoms with Crippen molar-refractivity contribution in [2.45, 2.75) is 26.7 Å². The van der Waals surface area contributed by atoms with Crippen LogP contribution in [0.25, 0.3) is 0 Å². The maximum atomic E-state index is 12.3. The Balaban J connectivity index is 2.02. The van der Waals surface area contributed by atoms with E-state index in [4.69, 9.17) is 5.73 Å². The first kappa shape index (κ1) is 12.9. The summed E-state index contributed by atoms with van der Waals surface area (Å²) in [5, 5.41) is 0. The second kappa shape index (κ2) is 5.42. The molecular weight excluding hydrogens is 224 g/mol. The summed E-state index contributed by atoms with van der Waals surface area (Å²) in [7, 11) is 0. The van der Waals surface area contributed by atoms with Crippen LogP contribution in [0.15, 0.2) is 24.3 Å². The van der Waals surface area contributed by atoms with Crippen molar-refractivity contribution < 1.29 is 4.79 Å². The number of nitrogen functional groups attached to an aromatic ring is 1. The van der Waals surface area contributed by atoms with E-state index in [9.17, 15) is 4.79 Å². The summed E-state index contributed by atoms with van der Waals surface area (Å²) in [4.78, 5) is 14.3. The number of anilines is 1. The molecule has 2 rings (SSSR count). The van der Waals surface area contributed by atoms with E-state index in [1.807, 2.05) is 29.2 Å². The third kappa shape index (κ3) is 3.03. The number of hydrogen-bond donors (Lipinski definition) is 1. The van der Waals surface area contributed by atoms with Crippen LogP contribution in [0.2, 0.25) is 0 Å². The smallest absolute Gasteiger partial charge is 0.227 e. The van der Waals surface area contributed by atoms with Gasteiger partial charge in [0.15, 0.2) is 0 Å². The van der Waals surface area contributed by atoms with Gasteiger partial charge in [-0.3, -0.25) is 4.79 Å². The topological polar surface area (TPSA) is 46.3 Å². The van der Waals surface area contributed by atoms with Crippen molar-refractivity contribution >= 4 is 11.6 Å². The number of piperidine rings is 1. The number of nitrogens with two attached hydrogens (primary N) is 1. The molecule has 1 aromatic rings. The Morgan fingerprint density at radius 3 is 2.50 bits per heavy atom. The van der Waals surface area contributed by atoms with Gasteiger partial charge in [0.05, 0.1) is 6.42 Å². The molecule has 0 saturated carbocycles. The van der Waals surface area contributed by atoms with Crippen LogP contribution in [-0.4, -0.2) is 23.9 Å². The second-order valence-electron chi connectivity index (χ2n) is 5.62. The Morgan fingerprint density at radius 2 is 1.89 bits per heavy atom. The second-order valence-corrected chi connectivity index (χ2v) is 5.62. The van der Waals surface area contributed by atoms with Crippen molar-refractivity contribution in [1.29, 1.82) is 0 Å². The molecule has 1 heterocycles. The molecule has 1 aromatic carbocycles. The maximum Gasteiger partial charge on any atom is 0.227 e. The van der Waals surface area contributed by atoms with Gasteiger partial charge in [0, 0.05) is 18.8 Å². The third-order valence-electron chi connectivity index (χ3n) is 3.62. The van der Waals surface area contributed by atoms with Crippen LogP contribution < -0.4 is 5.73 Å². The van der Waals surface area contributed by atoms with Gasteiger partial charge in [0.25, 0.3) is 0 Å². The number of carbonyl (C=O) groups excluding carboxylic acids is 1. The molecule has 3 nitrogen and oxygen atoms in total. The summed E-state index contributed by atoms with van der Waals surface area (Å²) in [6.07, 6.45) is 1.64. The number of carbonyl (C=O) groups is 1. The average molecular weight is 246 g/mol. The standard InChI is InChI=1S/C15H22N2O/c1-11-7-12(2)10-17(9-11)15(18)8-13-5-3-4-6-14(13)16/h3-6,11-12H,7-10,16H2,1-2H3/t11-,12+. The summed E-state index contributed by atoms with van der Waals surface area (Å²) in [5.41, 5.74) is 7.53. The minimum Gasteiger partial charge on any atom is -0.398 e. The minimum atomic E-state index is 0.200. The van der Waals surface area contributed by atoms with Gasteiger partial charge in [-0.05, 0) is 29.9 Å². The molecular formula is C15H22N2O. The van der Waals surface area contributed by atoms with Crippen molar-refractivity contribution in [3.63, 3.8) is 0 Å². The molecule has 1 saturated heterocycles. The number of likely N-dealkylation sites (tertiary alicyclic amines) is 1. The molecule has 0 bridgehead atoms. The monoisotopic (exact) mass is 246 g/mol. The first-order valence-corrected chi connectivity index (χ1v) is 6.67. The molecule has 1 aliphatic heterocycles. The van der Waals surface area contributed by atoms with Crippen LogP contribution in [0, 0.1) is 11.8 Å². The Hall–Kier alpha value is -1.51. The molecule has 1 amide bonds. The van der Waals surface area contributed by atoms with E-state index in [2.05, 4.69) is 13.8 Å². The number of para-hydroxylation sites is 1. The predicted molar refractivity (Wildman–Crippen MR) is 74.1 cm³/mol. The Bertz CT molecular complexity index is 420. The molecule has 3 heteroatoms. The van der Waals surface area contributed by atoms with Gasteiger partial charge in [-0.2, -0.15) is 0 Å². The summed E-state index contributed by atoms with van der Waals surface area (Å²) < 4.78 is 0. The zero-order valence-corrected chi connectivity index (χ0v) is 11.2. The molecule has 2 N–H and O–H groups in total. The highest BCUT2D eigenvalue weighted by atomic mass is 16.2. The van der Waals surface area contributed by atoms with Crippen molar-refractivity contribution in [3.8, 4) is 0 Å². The Kier molecular flexibility index (Phi) is 3.90. The summed E-state index contributed by atoms with van der Waals surface area (Å²) in [6.45, 7) is 6.20. The van der Waals surface area contributed by atoms with Gasteiger partial charge in [-0.1, -0.05) is 32.0 Å². The largest absolute Gasteiger partial charge is 0.398 e. The molecule has 0 spiro atoms. The molecule has 0 unspecified atom stereocenters. The lowest BCUT2D eigenvalue weighted by Gasteiger charge is -2.35. The van der Waals surface area contributed by atoms with Crippen LogP contribution in [0.3, 0.4) is 0 Å². The normalized spacial score (nSPS) is 24.0. The van der Waals surface area contributed by atoms with E-state index in [1.165, 1.54) is 6.42 Å². The lowest BCUT2D eigenvalue weighted by molar-refractivity contribution is -0.133. The summed E-state index contributed by atoms with van der Waals surface area (Å²) in [5.74, 6) is 1.41. The fourth-order valence-electron chi connectivity index (χ4n) is 2.84. The fraction of sp³-hybridized carbons (Fsp3) is 0.533. The zero-order chi connectivity index (χ0) is 13.1. The van der Waals surface area contributed by atoms with Gasteiger partial charge in [-0.25, -0.2) is 0 Å². The molecule has 2 atom stereocenters. The number of hydrogen-bond acceptors (Lipinski definition) is 2. The highest BCUT2D eigenvalue weighted by molar-refractivity contribution is 5.80. The Labute approximate surface area is 109 Å². The van der Waals surface area contributed by atoms with E-state index in [0.29, 0.717) is 23.9 Å². The van der Waals surface area contributed by atoms with Crippen LogP contribution in [0.4, 0.5) is 5.69 Å². The number of rotatable bonds is 2. The highest BCUT2D eigenvalue weighted by Crippen LogP contribution is 2.22. The van der Waals surface area contributed by atoms with Crippen LogP contribution in [0.5, 0.6) is 0 Å². The van der Waals surface area contributed by atoms with Crippen molar-refractivity contribution in [2.24, 2.45) is 11.8 Å². The number of amides is 1. The highest BCUT2D eigenvalue weighted by Gasteiger charge is 2.25. The molecule has 98 valence electrons. The number of benzene rings is 1. The van der Waals surface area contributed by atoms with Crippen molar-refractivity contribution in [2.75, 3.05) is 18.8 Å². The van der Waals surface area contributed by atoms with E-state index < -0.39 is 0 Å². The first-order valence-electron chi connectivity index (χ1n) is 6.67. The predicted octanol–water partition coefficient (Wildman–Crippen LogP) is 2.32. The maximum absolute atomic E-state index is 12.3. The molecule has 18 heavy (non-hydrogen) atoms. The Morgan fingerprint density at radius 1 is 1.28 bits per heavy atom. The third-order valence-corrected chi connectivity index (χ3v) is 3.62. The van der Waals surface area contributed by atoms with Crippen LogP contribution in [-0.2, 0) is 11.2 Å². The van der Waals surface area contributed by atoms with E-state index in [1.54, 1.807) is 0 Å². The van der Waals surface area contributed by atoms with Crippen LogP contribution in [0.1, 0.15) is 25.8 Å². The lowest BCUT2D eigenvalue weighted by Crippen LogP contribution is -2.43. The van der Waals surface area contributed by atoms with E-state index >= 15 is 0 Å². The van der Waals surface area contributed by atoms with Gasteiger partial charge in [-0.15, -0.1) is 0 Å². The van der Waals surface area contributed by atoms with Gasteiger partial charge >= 0.3 is 0 Å². The SMILES string of the molecule is C[C@@H]1C[C@H](C)CN(C(=O)Cc2ccccc2N)C1. The fourth-order valence-corrected chi connectivity index (χ4v) is 2.84. The number of nitrogens with zero attached hydrogens (tertiary/aromatic N) is 1. The average Bonchev–Trinajstić information content (AvgIpc) is 2.31. The minimum absolute atomic E-state index is 0.200. The quantitative estimate of drug-likeness (QED) is 0.814. The van der Waals surface area contributed by atoms with Crippen molar-refractivity contribution in [1.82, 2.24) is 4.90 Å². The molecule has 0 radical (unpaired) electrons. The summed E-state index contributed by atoms with van der Waals surface area (Å²) >= 11 is 0. The molecule has 0 aromatic heterocycles. The first-order chi connectivity index (χ1) is 8.56. The molecule has 0 aliphatic carbocycles. The van der Waals surface area contributed by atoms with Crippen molar-refractivity contribution in [3.05, 3.63) is 29.8 Å². The van der Waals surface area contributed by atoms with Crippen LogP contribution >= 0.6 is 0 Å². The molecule has 1 aliphatic rings. The van der Waals surface area contributed by atoms with E-state index in [-0.39, 0.29) is 5.91 Å². The zero-order valence-electron chi connectivity index (χ0n) is 11.2. The molecule has 1 fully saturated rings.